The Balaban J connectivity index is 2.19. The summed E-state index contributed by atoms with van der Waals surface area (Å²) in [6, 6.07) is 17.9. The molecule has 0 atom stereocenters. The average Bonchev–Trinajstić information content (AvgIpc) is 2.36. The van der Waals surface area contributed by atoms with E-state index in [2.05, 4.69) is 54.3 Å². The molecule has 0 amide bonds. The highest BCUT2D eigenvalue weighted by Gasteiger charge is 2.20. The first-order chi connectivity index (χ1) is 7.90. The van der Waals surface area contributed by atoms with Gasteiger partial charge in [0.1, 0.15) is 0 Å². The molecule has 0 saturated heterocycles. The van der Waals surface area contributed by atoms with Gasteiger partial charge in [0.2, 0.25) is 0 Å². The molecule has 1 heterocycles. The Kier molecular flexibility index (Phi) is 2.37. The van der Waals surface area contributed by atoms with E-state index in [1.54, 1.807) is 0 Å². The Morgan fingerprint density at radius 2 is 1.94 bits per heavy atom. The molecule has 0 fully saturated rings. The summed E-state index contributed by atoms with van der Waals surface area (Å²) in [7, 11) is 0. The van der Waals surface area contributed by atoms with E-state index < -0.39 is 0 Å². The molecule has 0 aliphatic carbocycles. The normalized spacial score (nSPS) is 13.2. The summed E-state index contributed by atoms with van der Waals surface area (Å²) >= 11 is 1.83. The molecule has 0 N–H and O–H groups in total. The van der Waals surface area contributed by atoms with E-state index in [4.69, 9.17) is 0 Å². The van der Waals surface area contributed by atoms with Gasteiger partial charge in [-0.15, -0.1) is 0 Å². The third kappa shape index (κ3) is 1.41. The van der Waals surface area contributed by atoms with Crippen LogP contribution in [0.1, 0.15) is 6.92 Å². The minimum atomic E-state index is 0.995. The van der Waals surface area contributed by atoms with Gasteiger partial charge in [0.25, 0.3) is 0 Å². The van der Waals surface area contributed by atoms with Gasteiger partial charge in [-0.3, -0.25) is 0 Å². The number of benzene rings is 2. The minimum absolute atomic E-state index is 0.995. The summed E-state index contributed by atoms with van der Waals surface area (Å²) in [5.41, 5.74) is 2.61. The smallest absolute Gasteiger partial charge is 0.0553 e. The Morgan fingerprint density at radius 3 is 2.81 bits per heavy atom. The zero-order valence-corrected chi connectivity index (χ0v) is 9.92. The fraction of sp³-hybridized carbons (Fsp3) is 0.143. The molecule has 0 unspecified atom stereocenters. The summed E-state index contributed by atoms with van der Waals surface area (Å²) < 4.78 is 0. The maximum atomic E-state index is 3.15. The van der Waals surface area contributed by atoms with Crippen LogP contribution in [-0.4, -0.2) is 6.54 Å². The predicted octanol–water partition coefficient (Wildman–Crippen LogP) is 4.11. The van der Waals surface area contributed by atoms with Crippen LogP contribution in [-0.2, 0) is 0 Å². The molecule has 2 aromatic carbocycles. The van der Waals surface area contributed by atoms with Crippen molar-refractivity contribution in [1.29, 1.82) is 0 Å². The molecule has 2 heteroatoms. The Morgan fingerprint density at radius 1 is 1.12 bits per heavy atom. The quantitative estimate of drug-likeness (QED) is 0.720. The Hall–Kier alpha value is -1.41. The van der Waals surface area contributed by atoms with Crippen LogP contribution in [0.15, 0.2) is 52.3 Å². The van der Waals surface area contributed by atoms with Crippen LogP contribution in [0.2, 0.25) is 0 Å². The third-order valence-electron chi connectivity index (χ3n) is 2.79. The molecule has 2 aromatic rings. The summed E-state index contributed by atoms with van der Waals surface area (Å²) in [6.07, 6.45) is 0. The standard InChI is InChI=1S/C14H12NS/c1-2-15-11-7-3-5-9-13(11)16-14-10-6-4-8-12(14)15/h3-5,7-10H,2H2,1H3. The van der Waals surface area contributed by atoms with E-state index in [1.807, 2.05) is 17.8 Å². The largest absolute Gasteiger partial charge is 0.340 e. The van der Waals surface area contributed by atoms with Crippen molar-refractivity contribution in [2.75, 3.05) is 11.4 Å². The first kappa shape index (κ1) is 9.79. The van der Waals surface area contributed by atoms with Crippen molar-refractivity contribution in [3.8, 4) is 0 Å². The number of para-hydroxylation sites is 1. The van der Waals surface area contributed by atoms with E-state index in [9.17, 15) is 0 Å². The van der Waals surface area contributed by atoms with Crippen molar-refractivity contribution in [2.24, 2.45) is 0 Å². The van der Waals surface area contributed by atoms with Crippen LogP contribution in [0.25, 0.3) is 0 Å². The lowest BCUT2D eigenvalue weighted by Gasteiger charge is -2.31. The van der Waals surface area contributed by atoms with Crippen LogP contribution in [0.5, 0.6) is 0 Å². The summed E-state index contributed by atoms with van der Waals surface area (Å²) in [5.74, 6) is 0. The molecule has 0 aromatic heterocycles. The van der Waals surface area contributed by atoms with E-state index in [-0.39, 0.29) is 0 Å². The highest BCUT2D eigenvalue weighted by molar-refractivity contribution is 7.99. The minimum Gasteiger partial charge on any atom is -0.340 e. The molecule has 0 saturated carbocycles. The van der Waals surface area contributed by atoms with Crippen molar-refractivity contribution in [3.63, 3.8) is 0 Å². The number of nitrogens with zero attached hydrogens (tertiary/aromatic N) is 1. The van der Waals surface area contributed by atoms with Crippen molar-refractivity contribution in [1.82, 2.24) is 0 Å². The first-order valence-electron chi connectivity index (χ1n) is 5.44. The second kappa shape index (κ2) is 3.87. The molecule has 1 radical (unpaired) electrons. The first-order valence-corrected chi connectivity index (χ1v) is 6.26. The van der Waals surface area contributed by atoms with E-state index in [1.165, 1.54) is 21.2 Å². The fourth-order valence-electron chi connectivity index (χ4n) is 2.07. The second-order valence-electron chi connectivity index (χ2n) is 3.71. The highest BCUT2D eigenvalue weighted by Crippen LogP contribution is 2.47. The van der Waals surface area contributed by atoms with Crippen LogP contribution in [0.3, 0.4) is 0 Å². The summed E-state index contributed by atoms with van der Waals surface area (Å²) in [4.78, 5) is 4.98. The van der Waals surface area contributed by atoms with E-state index >= 15 is 0 Å². The number of hydrogen-bond donors (Lipinski definition) is 0. The number of rotatable bonds is 1. The maximum absolute atomic E-state index is 3.15. The molecule has 3 rings (SSSR count). The molecule has 1 nitrogen and oxygen atoms in total. The summed E-state index contributed by atoms with van der Waals surface area (Å²) in [5, 5.41) is 0. The number of fused-ring (bicyclic) bond motifs is 2. The average molecular weight is 226 g/mol. The topological polar surface area (TPSA) is 3.24 Å². The number of anilines is 2. The van der Waals surface area contributed by atoms with Gasteiger partial charge in [0, 0.05) is 16.3 Å². The fourth-order valence-corrected chi connectivity index (χ4v) is 3.14. The lowest BCUT2D eigenvalue weighted by atomic mass is 10.2. The van der Waals surface area contributed by atoms with Crippen LogP contribution in [0.4, 0.5) is 11.4 Å². The zero-order chi connectivity index (χ0) is 11.0. The van der Waals surface area contributed by atoms with Crippen LogP contribution >= 0.6 is 11.8 Å². The number of hydrogen-bond acceptors (Lipinski definition) is 2. The lowest BCUT2D eigenvalue weighted by molar-refractivity contribution is 0.979. The predicted molar refractivity (Wildman–Crippen MR) is 68.5 cm³/mol. The molecule has 16 heavy (non-hydrogen) atoms. The van der Waals surface area contributed by atoms with E-state index in [0.717, 1.165) is 6.54 Å². The summed E-state index contributed by atoms with van der Waals surface area (Å²) in [6.45, 7) is 3.18. The van der Waals surface area contributed by atoms with Gasteiger partial charge >= 0.3 is 0 Å². The lowest BCUT2D eigenvalue weighted by Crippen LogP contribution is -2.19. The van der Waals surface area contributed by atoms with E-state index in [0.29, 0.717) is 0 Å². The maximum Gasteiger partial charge on any atom is 0.0553 e. The van der Waals surface area contributed by atoms with Gasteiger partial charge in [-0.2, -0.15) is 0 Å². The molecular weight excluding hydrogens is 214 g/mol. The van der Waals surface area contributed by atoms with Gasteiger partial charge in [-0.1, -0.05) is 30.0 Å². The second-order valence-corrected chi connectivity index (χ2v) is 4.79. The molecule has 79 valence electrons. The Labute approximate surface area is 100 Å². The third-order valence-corrected chi connectivity index (χ3v) is 3.90. The van der Waals surface area contributed by atoms with Crippen LogP contribution in [0, 0.1) is 6.07 Å². The zero-order valence-electron chi connectivity index (χ0n) is 9.10. The molecule has 0 spiro atoms. The van der Waals surface area contributed by atoms with Gasteiger partial charge in [0.05, 0.1) is 11.4 Å². The highest BCUT2D eigenvalue weighted by atomic mass is 32.2. The molecular formula is C14H12NS. The van der Waals surface area contributed by atoms with Crippen molar-refractivity contribution in [3.05, 3.63) is 48.5 Å². The van der Waals surface area contributed by atoms with Crippen LogP contribution < -0.4 is 4.90 Å². The van der Waals surface area contributed by atoms with Crippen molar-refractivity contribution < 1.29 is 0 Å². The van der Waals surface area contributed by atoms with Gasteiger partial charge in [-0.25, -0.2) is 0 Å². The van der Waals surface area contributed by atoms with Crippen molar-refractivity contribution >= 4 is 23.1 Å². The molecule has 1 aliphatic rings. The van der Waals surface area contributed by atoms with Gasteiger partial charge in [0.15, 0.2) is 0 Å². The van der Waals surface area contributed by atoms with Gasteiger partial charge in [-0.05, 0) is 37.3 Å². The monoisotopic (exact) mass is 226 g/mol. The van der Waals surface area contributed by atoms with Crippen molar-refractivity contribution in [2.45, 2.75) is 16.7 Å². The Bertz CT molecular complexity index is 476. The molecule has 1 aliphatic heterocycles. The SMILES string of the molecule is CCN1c2cc[c]cc2Sc2ccccc21. The molecule has 0 bridgehead atoms. The van der Waals surface area contributed by atoms with Gasteiger partial charge < -0.3 is 4.90 Å².